The molecule has 0 unspecified atom stereocenters. The average Bonchev–Trinajstić information content (AvgIpc) is 3.11. The highest BCUT2D eigenvalue weighted by molar-refractivity contribution is 5.62. The highest BCUT2D eigenvalue weighted by atomic mass is 16.5. The van der Waals surface area contributed by atoms with E-state index in [-0.39, 0.29) is 0 Å². The predicted octanol–water partition coefficient (Wildman–Crippen LogP) is 5.63. The summed E-state index contributed by atoms with van der Waals surface area (Å²) in [5, 5.41) is 13.7. The molecule has 1 aromatic carbocycles. The highest BCUT2D eigenvalue weighted by Crippen LogP contribution is 2.22. The molecule has 0 spiro atoms. The molecule has 0 amide bonds. The summed E-state index contributed by atoms with van der Waals surface area (Å²) >= 11 is 0. The molecule has 26 heavy (non-hydrogen) atoms. The molecule has 0 radical (unpaired) electrons. The molecular weight excluding hydrogens is 322 g/mol. The Morgan fingerprint density at radius 1 is 1.35 bits per heavy atom. The van der Waals surface area contributed by atoms with Gasteiger partial charge in [-0.25, -0.2) is 0 Å². The molecule has 0 aliphatic carbocycles. The first-order valence-electron chi connectivity index (χ1n) is 8.87. The summed E-state index contributed by atoms with van der Waals surface area (Å²) in [4.78, 5) is 0. The van der Waals surface area contributed by atoms with Crippen molar-refractivity contribution in [2.45, 2.75) is 40.8 Å². The third-order valence-electron chi connectivity index (χ3n) is 3.42. The predicted molar refractivity (Wildman–Crippen MR) is 107 cm³/mol. The van der Waals surface area contributed by atoms with Crippen LogP contribution in [-0.4, -0.2) is 9.78 Å². The second-order valence-electron chi connectivity index (χ2n) is 5.12. The molecule has 1 heterocycles. The maximum absolute atomic E-state index is 9.07. The largest absolute Gasteiger partial charge is 0.487 e. The van der Waals surface area contributed by atoms with Crippen molar-refractivity contribution in [3.8, 4) is 17.3 Å². The summed E-state index contributed by atoms with van der Waals surface area (Å²) in [5.41, 5.74) is 3.44. The fourth-order valence-electron chi connectivity index (χ4n) is 2.35. The Morgan fingerprint density at radius 2 is 2.12 bits per heavy atom. The Morgan fingerprint density at radius 3 is 2.73 bits per heavy atom. The minimum absolute atomic E-state index is 0.377. The van der Waals surface area contributed by atoms with Gasteiger partial charge in [0.25, 0.3) is 0 Å². The molecule has 1 aromatic heterocycles. The van der Waals surface area contributed by atoms with Crippen LogP contribution in [0.2, 0.25) is 0 Å². The van der Waals surface area contributed by atoms with Crippen LogP contribution in [0.25, 0.3) is 11.3 Å². The second-order valence-corrected chi connectivity index (χ2v) is 5.12. The van der Waals surface area contributed by atoms with E-state index in [1.54, 1.807) is 12.1 Å². The van der Waals surface area contributed by atoms with Crippen molar-refractivity contribution in [1.82, 2.24) is 9.78 Å². The van der Waals surface area contributed by atoms with Crippen molar-refractivity contribution in [2.24, 2.45) is 0 Å². The number of hydrogen-bond acceptors (Lipinski definition) is 3. The average molecular weight is 349 g/mol. The Kier molecular flexibility index (Phi) is 9.27. The zero-order valence-corrected chi connectivity index (χ0v) is 16.1. The van der Waals surface area contributed by atoms with Crippen LogP contribution in [0.4, 0.5) is 0 Å². The standard InChI is InChI=1S/C20H21N3O.C2H6/c1-4-8-19(9-5-2)24-15-18-13-20(23(6-3)22-18)17-11-7-10-16(12-17)14-21;1-2/h4-5,7-13H,1,6,15H2,2-3H3;1-2H3/b9-5-,19-8+;. The van der Waals surface area contributed by atoms with Crippen molar-refractivity contribution in [2.75, 3.05) is 0 Å². The summed E-state index contributed by atoms with van der Waals surface area (Å²) in [6.45, 7) is 12.8. The van der Waals surface area contributed by atoms with Crippen molar-refractivity contribution in [1.29, 1.82) is 5.26 Å². The van der Waals surface area contributed by atoms with E-state index in [2.05, 4.69) is 17.7 Å². The van der Waals surface area contributed by atoms with Crippen molar-refractivity contribution in [3.05, 3.63) is 78.2 Å². The normalized spacial score (nSPS) is 10.8. The molecular formula is C22H27N3O. The van der Waals surface area contributed by atoms with E-state index in [0.29, 0.717) is 12.2 Å². The first-order chi connectivity index (χ1) is 12.7. The van der Waals surface area contributed by atoms with E-state index in [9.17, 15) is 0 Å². The van der Waals surface area contributed by atoms with Crippen LogP contribution < -0.4 is 0 Å². The number of ether oxygens (including phenoxy) is 1. The van der Waals surface area contributed by atoms with Gasteiger partial charge >= 0.3 is 0 Å². The molecule has 0 N–H and O–H groups in total. The van der Waals surface area contributed by atoms with Crippen LogP contribution >= 0.6 is 0 Å². The highest BCUT2D eigenvalue weighted by Gasteiger charge is 2.10. The number of nitrogens with zero attached hydrogens (tertiary/aromatic N) is 3. The fourth-order valence-corrected chi connectivity index (χ4v) is 2.35. The number of allylic oxidation sites excluding steroid dienone is 4. The van der Waals surface area contributed by atoms with E-state index in [0.717, 1.165) is 29.3 Å². The molecule has 0 fully saturated rings. The molecule has 0 atom stereocenters. The zero-order valence-electron chi connectivity index (χ0n) is 16.1. The van der Waals surface area contributed by atoms with Crippen LogP contribution in [0.15, 0.2) is 67.0 Å². The van der Waals surface area contributed by atoms with Crippen molar-refractivity contribution < 1.29 is 4.74 Å². The topological polar surface area (TPSA) is 50.8 Å². The lowest BCUT2D eigenvalue weighted by Gasteiger charge is -2.04. The van der Waals surface area contributed by atoms with E-state index >= 15 is 0 Å². The third kappa shape index (κ3) is 5.78. The smallest absolute Gasteiger partial charge is 0.132 e. The maximum Gasteiger partial charge on any atom is 0.132 e. The molecule has 0 aliphatic rings. The van der Waals surface area contributed by atoms with E-state index in [1.807, 2.05) is 74.9 Å². The summed E-state index contributed by atoms with van der Waals surface area (Å²) in [7, 11) is 0. The molecule has 2 rings (SSSR count). The van der Waals surface area contributed by atoms with Gasteiger partial charge in [-0.15, -0.1) is 0 Å². The summed E-state index contributed by atoms with van der Waals surface area (Å²) in [5.74, 6) is 0.742. The fraction of sp³-hybridized carbons (Fsp3) is 0.273. The van der Waals surface area contributed by atoms with Crippen LogP contribution in [0.1, 0.15) is 39.0 Å². The minimum Gasteiger partial charge on any atom is -0.487 e. The summed E-state index contributed by atoms with van der Waals surface area (Å²) < 4.78 is 7.70. The van der Waals surface area contributed by atoms with Gasteiger partial charge in [0.05, 0.1) is 17.3 Å². The minimum atomic E-state index is 0.377. The van der Waals surface area contributed by atoms with Crippen LogP contribution in [-0.2, 0) is 17.9 Å². The maximum atomic E-state index is 9.07. The van der Waals surface area contributed by atoms with Gasteiger partial charge in [0, 0.05) is 12.1 Å². The number of nitriles is 1. The lowest BCUT2D eigenvalue weighted by atomic mass is 10.1. The number of rotatable bonds is 7. The summed E-state index contributed by atoms with van der Waals surface area (Å²) in [6.07, 6.45) is 7.31. The molecule has 4 heteroatoms. The van der Waals surface area contributed by atoms with Gasteiger partial charge in [0.2, 0.25) is 0 Å². The number of hydrogen-bond donors (Lipinski definition) is 0. The van der Waals surface area contributed by atoms with Gasteiger partial charge < -0.3 is 4.74 Å². The molecule has 2 aromatic rings. The SMILES string of the molecule is C=C/C=C(\C=C/C)OCc1cc(-c2cccc(C#N)c2)n(CC)n1.CC. The Bertz CT molecular complexity index is 807. The van der Waals surface area contributed by atoms with Crippen LogP contribution in [0.3, 0.4) is 0 Å². The lowest BCUT2D eigenvalue weighted by molar-refractivity contribution is 0.206. The van der Waals surface area contributed by atoms with Gasteiger partial charge in [-0.1, -0.05) is 44.7 Å². The Hall–Kier alpha value is -3.06. The first-order valence-corrected chi connectivity index (χ1v) is 8.87. The van der Waals surface area contributed by atoms with Gasteiger partial charge in [-0.3, -0.25) is 4.68 Å². The Labute approximate surface area is 156 Å². The Balaban J connectivity index is 0.00000163. The van der Waals surface area contributed by atoms with Gasteiger partial charge in [0.15, 0.2) is 0 Å². The number of aromatic nitrogens is 2. The molecule has 0 bridgehead atoms. The van der Waals surface area contributed by atoms with Gasteiger partial charge in [-0.05, 0) is 44.2 Å². The van der Waals surface area contributed by atoms with E-state index in [4.69, 9.17) is 10.00 Å². The van der Waals surface area contributed by atoms with E-state index < -0.39 is 0 Å². The third-order valence-corrected chi connectivity index (χ3v) is 3.42. The zero-order chi connectivity index (χ0) is 19.4. The second kappa shape index (κ2) is 11.5. The molecule has 0 aliphatic heterocycles. The number of aryl methyl sites for hydroxylation is 1. The molecule has 136 valence electrons. The lowest BCUT2D eigenvalue weighted by Crippen LogP contribution is -2.00. The quantitative estimate of drug-likeness (QED) is 0.481. The molecule has 4 nitrogen and oxygen atoms in total. The molecule has 0 saturated carbocycles. The molecule has 0 saturated heterocycles. The van der Waals surface area contributed by atoms with Crippen LogP contribution in [0, 0.1) is 11.3 Å². The van der Waals surface area contributed by atoms with Crippen molar-refractivity contribution in [3.63, 3.8) is 0 Å². The van der Waals surface area contributed by atoms with Gasteiger partial charge in [-0.2, -0.15) is 10.4 Å². The number of benzene rings is 1. The van der Waals surface area contributed by atoms with Gasteiger partial charge in [0.1, 0.15) is 18.1 Å². The van der Waals surface area contributed by atoms with Crippen molar-refractivity contribution >= 4 is 0 Å². The van der Waals surface area contributed by atoms with E-state index in [1.165, 1.54) is 0 Å². The monoisotopic (exact) mass is 349 g/mol. The van der Waals surface area contributed by atoms with Crippen LogP contribution in [0.5, 0.6) is 0 Å². The first kappa shape index (κ1) is 21.0. The summed E-state index contributed by atoms with van der Waals surface area (Å²) in [6, 6.07) is 11.7.